The van der Waals surface area contributed by atoms with Crippen LogP contribution in [0.25, 0.3) is 10.9 Å². The Labute approximate surface area is 116 Å². The molecule has 0 saturated carbocycles. The topological polar surface area (TPSA) is 50.3 Å². The Hall–Kier alpha value is -2.49. The molecule has 0 radical (unpaired) electrons. The molecule has 1 aliphatic rings. The van der Waals surface area contributed by atoms with E-state index < -0.39 is 0 Å². The third kappa shape index (κ3) is 1.99. The lowest BCUT2D eigenvalue weighted by molar-refractivity contribution is -0.135. The van der Waals surface area contributed by atoms with Crippen LogP contribution >= 0.6 is 0 Å². The highest BCUT2D eigenvalue weighted by Crippen LogP contribution is 2.23. The first-order chi connectivity index (χ1) is 9.56. The van der Waals surface area contributed by atoms with E-state index in [2.05, 4.69) is 11.1 Å². The summed E-state index contributed by atoms with van der Waals surface area (Å²) in [5.41, 5.74) is 3.50. The zero-order chi connectivity index (χ0) is 14.3. The molecule has 0 aliphatic carbocycles. The minimum atomic E-state index is -0.255. The van der Waals surface area contributed by atoms with Gasteiger partial charge in [0.2, 0.25) is 0 Å². The Morgan fingerprint density at radius 1 is 1.25 bits per heavy atom. The first-order valence-electron chi connectivity index (χ1n) is 6.43. The minimum absolute atomic E-state index is 0.222. The lowest BCUT2D eigenvalue weighted by atomic mass is 9.99. The van der Waals surface area contributed by atoms with E-state index in [1.54, 1.807) is 6.20 Å². The molecule has 0 spiro atoms. The molecule has 1 aromatic heterocycles. The number of benzene rings is 1. The molecular weight excluding hydrogens is 252 g/mol. The van der Waals surface area contributed by atoms with Gasteiger partial charge in [0.25, 0.3) is 11.8 Å². The number of fused-ring (bicyclic) bond motifs is 1. The molecule has 2 amide bonds. The van der Waals surface area contributed by atoms with Gasteiger partial charge in [-0.1, -0.05) is 17.7 Å². The summed E-state index contributed by atoms with van der Waals surface area (Å²) in [7, 11) is 1.50. The summed E-state index contributed by atoms with van der Waals surface area (Å²) < 4.78 is 0. The lowest BCUT2D eigenvalue weighted by Gasteiger charge is -2.09. The molecule has 1 aliphatic heterocycles. The highest BCUT2D eigenvalue weighted by molar-refractivity contribution is 6.16. The Kier molecular flexibility index (Phi) is 2.86. The molecule has 20 heavy (non-hydrogen) atoms. The second kappa shape index (κ2) is 4.56. The second-order valence-corrected chi connectivity index (χ2v) is 5.05. The van der Waals surface area contributed by atoms with Crippen molar-refractivity contribution in [2.24, 2.45) is 0 Å². The molecule has 1 aromatic carbocycles. The van der Waals surface area contributed by atoms with Crippen LogP contribution in [0, 0.1) is 6.92 Å². The monoisotopic (exact) mass is 266 g/mol. The zero-order valence-corrected chi connectivity index (χ0v) is 11.4. The maximum atomic E-state index is 12.0. The Balaban J connectivity index is 2.06. The summed E-state index contributed by atoms with van der Waals surface area (Å²) in [6, 6.07) is 7.98. The van der Waals surface area contributed by atoms with Gasteiger partial charge in [-0.2, -0.15) is 0 Å². The predicted molar refractivity (Wildman–Crippen MR) is 76.0 cm³/mol. The third-order valence-electron chi connectivity index (χ3n) is 3.52. The molecule has 4 heteroatoms. The SMILES string of the molecule is Cc1cc(CC2=CC(=O)N(C)C2=O)c2ncccc2c1. The highest BCUT2D eigenvalue weighted by atomic mass is 16.2. The fraction of sp³-hybridized carbons (Fsp3) is 0.188. The normalized spacial score (nSPS) is 15.1. The van der Waals surface area contributed by atoms with Gasteiger partial charge in [0, 0.05) is 36.7 Å². The van der Waals surface area contributed by atoms with Crippen LogP contribution in [0.2, 0.25) is 0 Å². The number of likely N-dealkylation sites (N-methyl/N-ethyl adjacent to an activating group) is 1. The number of hydrogen-bond donors (Lipinski definition) is 0. The highest BCUT2D eigenvalue weighted by Gasteiger charge is 2.27. The fourth-order valence-electron chi connectivity index (χ4n) is 2.52. The van der Waals surface area contributed by atoms with Crippen molar-refractivity contribution in [2.75, 3.05) is 7.05 Å². The van der Waals surface area contributed by atoms with Gasteiger partial charge in [0.05, 0.1) is 5.52 Å². The van der Waals surface area contributed by atoms with Crippen LogP contribution in [0.3, 0.4) is 0 Å². The number of imide groups is 1. The summed E-state index contributed by atoms with van der Waals surface area (Å²) >= 11 is 0. The molecule has 2 heterocycles. The Morgan fingerprint density at radius 2 is 2.05 bits per heavy atom. The van der Waals surface area contributed by atoms with Gasteiger partial charge in [-0.3, -0.25) is 19.5 Å². The van der Waals surface area contributed by atoms with Crippen molar-refractivity contribution in [3.63, 3.8) is 0 Å². The van der Waals surface area contributed by atoms with Gasteiger partial charge in [-0.05, 0) is 24.6 Å². The molecule has 0 saturated heterocycles. The predicted octanol–water partition coefficient (Wildman–Crippen LogP) is 2.01. The van der Waals surface area contributed by atoms with Crippen LogP contribution in [0.5, 0.6) is 0 Å². The van der Waals surface area contributed by atoms with Crippen molar-refractivity contribution >= 4 is 22.7 Å². The molecule has 0 atom stereocenters. The number of rotatable bonds is 2. The number of carbonyl (C=O) groups excluding carboxylic acids is 2. The molecule has 0 unspecified atom stereocenters. The maximum absolute atomic E-state index is 12.0. The van der Waals surface area contributed by atoms with Gasteiger partial charge in [0.15, 0.2) is 0 Å². The van der Waals surface area contributed by atoms with Gasteiger partial charge < -0.3 is 0 Å². The number of amides is 2. The average Bonchev–Trinajstić information content (AvgIpc) is 2.66. The fourth-order valence-corrected chi connectivity index (χ4v) is 2.52. The van der Waals surface area contributed by atoms with Crippen molar-refractivity contribution in [3.05, 3.63) is 53.2 Å². The number of aromatic nitrogens is 1. The van der Waals surface area contributed by atoms with E-state index in [1.807, 2.05) is 25.1 Å². The molecule has 2 aromatic rings. The standard InChI is InChI=1S/C16H14N2O2/c1-10-6-11-4-3-5-17-15(11)12(7-10)8-13-9-14(19)18(2)16(13)20/h3-7,9H,8H2,1-2H3. The van der Waals surface area contributed by atoms with Crippen molar-refractivity contribution in [3.8, 4) is 0 Å². The van der Waals surface area contributed by atoms with Crippen molar-refractivity contribution < 1.29 is 9.59 Å². The van der Waals surface area contributed by atoms with E-state index in [0.29, 0.717) is 12.0 Å². The third-order valence-corrected chi connectivity index (χ3v) is 3.52. The molecule has 0 bridgehead atoms. The summed E-state index contributed by atoms with van der Waals surface area (Å²) in [6.45, 7) is 2.01. The smallest absolute Gasteiger partial charge is 0.256 e. The van der Waals surface area contributed by atoms with Crippen molar-refractivity contribution in [2.45, 2.75) is 13.3 Å². The minimum Gasteiger partial charge on any atom is -0.278 e. The number of nitrogens with zero attached hydrogens (tertiary/aromatic N) is 2. The molecule has 0 N–H and O–H groups in total. The molecular formula is C16H14N2O2. The van der Waals surface area contributed by atoms with Crippen LogP contribution in [-0.4, -0.2) is 28.7 Å². The summed E-state index contributed by atoms with van der Waals surface area (Å²) in [4.78, 5) is 29.0. The van der Waals surface area contributed by atoms with Crippen LogP contribution in [0.4, 0.5) is 0 Å². The van der Waals surface area contributed by atoms with Crippen molar-refractivity contribution in [1.29, 1.82) is 0 Å². The quantitative estimate of drug-likeness (QED) is 0.781. The van der Waals surface area contributed by atoms with Gasteiger partial charge in [-0.25, -0.2) is 0 Å². The van der Waals surface area contributed by atoms with Crippen LogP contribution < -0.4 is 0 Å². The number of carbonyl (C=O) groups is 2. The van der Waals surface area contributed by atoms with Crippen LogP contribution in [0.15, 0.2) is 42.1 Å². The largest absolute Gasteiger partial charge is 0.278 e. The van der Waals surface area contributed by atoms with Gasteiger partial charge >= 0.3 is 0 Å². The van der Waals surface area contributed by atoms with Crippen molar-refractivity contribution in [1.82, 2.24) is 9.88 Å². The van der Waals surface area contributed by atoms with E-state index in [1.165, 1.54) is 13.1 Å². The molecule has 3 rings (SSSR count). The Morgan fingerprint density at radius 3 is 2.75 bits per heavy atom. The van der Waals surface area contributed by atoms with E-state index in [-0.39, 0.29) is 11.8 Å². The lowest BCUT2D eigenvalue weighted by Crippen LogP contribution is -2.26. The Bertz CT molecular complexity index is 762. The number of aryl methyl sites for hydroxylation is 1. The summed E-state index contributed by atoms with van der Waals surface area (Å²) in [5.74, 6) is -0.476. The summed E-state index contributed by atoms with van der Waals surface area (Å²) in [5, 5.41) is 1.05. The molecule has 4 nitrogen and oxygen atoms in total. The zero-order valence-electron chi connectivity index (χ0n) is 11.4. The maximum Gasteiger partial charge on any atom is 0.256 e. The number of hydrogen-bond acceptors (Lipinski definition) is 3. The van der Waals surface area contributed by atoms with Crippen LogP contribution in [-0.2, 0) is 16.0 Å². The van der Waals surface area contributed by atoms with E-state index in [0.717, 1.165) is 26.9 Å². The second-order valence-electron chi connectivity index (χ2n) is 5.05. The first kappa shape index (κ1) is 12.5. The van der Waals surface area contributed by atoms with E-state index in [4.69, 9.17) is 0 Å². The summed E-state index contributed by atoms with van der Waals surface area (Å²) in [6.07, 6.45) is 3.59. The van der Waals surface area contributed by atoms with Crippen LogP contribution in [0.1, 0.15) is 11.1 Å². The van der Waals surface area contributed by atoms with Gasteiger partial charge in [-0.15, -0.1) is 0 Å². The molecule has 0 fully saturated rings. The average molecular weight is 266 g/mol. The first-order valence-corrected chi connectivity index (χ1v) is 6.43. The number of pyridine rings is 1. The van der Waals surface area contributed by atoms with E-state index in [9.17, 15) is 9.59 Å². The van der Waals surface area contributed by atoms with E-state index >= 15 is 0 Å². The molecule has 100 valence electrons. The van der Waals surface area contributed by atoms with Gasteiger partial charge in [0.1, 0.15) is 0 Å².